The molecule has 1 fully saturated rings. The van der Waals surface area contributed by atoms with Crippen LogP contribution in [0.1, 0.15) is 23.7 Å². The number of halogens is 1. The molecular formula is C11H13BrO. The number of alkyl halides is 1. The van der Waals surface area contributed by atoms with Gasteiger partial charge >= 0.3 is 0 Å². The van der Waals surface area contributed by atoms with E-state index in [-0.39, 0.29) is 0 Å². The van der Waals surface area contributed by atoms with Crippen molar-refractivity contribution in [2.24, 2.45) is 0 Å². The lowest BCUT2D eigenvalue weighted by Crippen LogP contribution is -1.93. The van der Waals surface area contributed by atoms with E-state index in [4.69, 9.17) is 4.74 Å². The zero-order valence-electron chi connectivity index (χ0n) is 7.50. The van der Waals surface area contributed by atoms with Gasteiger partial charge in [-0.05, 0) is 24.0 Å². The molecule has 1 nitrogen and oxygen atoms in total. The summed E-state index contributed by atoms with van der Waals surface area (Å²) in [5.41, 5.74) is 2.84. The van der Waals surface area contributed by atoms with Gasteiger partial charge in [-0.1, -0.05) is 40.2 Å². The molecule has 1 heterocycles. The Morgan fingerprint density at radius 1 is 1.38 bits per heavy atom. The van der Waals surface area contributed by atoms with Crippen molar-refractivity contribution in [3.63, 3.8) is 0 Å². The van der Waals surface area contributed by atoms with E-state index in [1.165, 1.54) is 17.5 Å². The van der Waals surface area contributed by atoms with E-state index in [1.54, 1.807) is 0 Å². The minimum absolute atomic E-state index is 0.395. The Bertz CT molecular complexity index is 281. The molecule has 70 valence electrons. The smallest absolute Gasteiger partial charge is 0.106 e. The van der Waals surface area contributed by atoms with Crippen molar-refractivity contribution in [3.8, 4) is 0 Å². The summed E-state index contributed by atoms with van der Waals surface area (Å²) in [6, 6.07) is 8.59. The maximum absolute atomic E-state index is 5.30. The average molecular weight is 241 g/mol. The molecule has 1 saturated heterocycles. The van der Waals surface area contributed by atoms with Crippen molar-refractivity contribution < 1.29 is 4.74 Å². The standard InChI is InChI=1S/C11H13BrO/c12-7-3-5-9-4-1-2-6-10(9)11-8-13-11/h1-2,4,6,11H,3,5,7-8H2. The first-order valence-corrected chi connectivity index (χ1v) is 5.79. The van der Waals surface area contributed by atoms with Gasteiger partial charge in [0, 0.05) is 5.33 Å². The topological polar surface area (TPSA) is 12.5 Å². The highest BCUT2D eigenvalue weighted by Gasteiger charge is 2.26. The molecule has 1 unspecified atom stereocenters. The molecule has 0 aliphatic carbocycles. The third-order valence-electron chi connectivity index (χ3n) is 2.32. The van der Waals surface area contributed by atoms with Gasteiger partial charge < -0.3 is 4.74 Å². The summed E-state index contributed by atoms with van der Waals surface area (Å²) in [7, 11) is 0. The number of epoxide rings is 1. The first kappa shape index (κ1) is 9.22. The van der Waals surface area contributed by atoms with Gasteiger partial charge in [0.25, 0.3) is 0 Å². The van der Waals surface area contributed by atoms with Crippen LogP contribution in [-0.2, 0) is 11.2 Å². The maximum atomic E-state index is 5.30. The largest absolute Gasteiger partial charge is 0.368 e. The molecular weight excluding hydrogens is 228 g/mol. The average Bonchev–Trinajstić information content (AvgIpc) is 2.98. The number of aryl methyl sites for hydroxylation is 1. The van der Waals surface area contributed by atoms with E-state index in [2.05, 4.69) is 40.2 Å². The molecule has 0 radical (unpaired) electrons. The Hall–Kier alpha value is -0.340. The first-order chi connectivity index (χ1) is 6.42. The normalized spacial score (nSPS) is 20.2. The van der Waals surface area contributed by atoms with Crippen LogP contribution in [0.2, 0.25) is 0 Å². The quantitative estimate of drug-likeness (QED) is 0.583. The molecule has 0 amide bonds. The van der Waals surface area contributed by atoms with Crippen molar-refractivity contribution in [1.82, 2.24) is 0 Å². The van der Waals surface area contributed by atoms with Gasteiger partial charge in [0.05, 0.1) is 6.61 Å². The number of benzene rings is 1. The summed E-state index contributed by atoms with van der Waals surface area (Å²) in [5.74, 6) is 0. The van der Waals surface area contributed by atoms with E-state index >= 15 is 0 Å². The maximum Gasteiger partial charge on any atom is 0.106 e. The molecule has 1 aliphatic heterocycles. The Morgan fingerprint density at radius 3 is 2.85 bits per heavy atom. The molecule has 1 aromatic rings. The highest BCUT2D eigenvalue weighted by molar-refractivity contribution is 9.09. The zero-order chi connectivity index (χ0) is 9.10. The minimum atomic E-state index is 0.395. The molecule has 13 heavy (non-hydrogen) atoms. The van der Waals surface area contributed by atoms with Gasteiger partial charge in [0.2, 0.25) is 0 Å². The fourth-order valence-corrected chi connectivity index (χ4v) is 1.84. The van der Waals surface area contributed by atoms with E-state index < -0.39 is 0 Å². The number of ether oxygens (including phenoxy) is 1. The molecule has 0 aromatic heterocycles. The van der Waals surface area contributed by atoms with Gasteiger partial charge in [-0.25, -0.2) is 0 Å². The van der Waals surface area contributed by atoms with E-state index in [0.717, 1.165) is 18.4 Å². The van der Waals surface area contributed by atoms with E-state index in [9.17, 15) is 0 Å². The summed E-state index contributed by atoms with van der Waals surface area (Å²) in [6.45, 7) is 0.908. The first-order valence-electron chi connectivity index (χ1n) is 4.67. The highest BCUT2D eigenvalue weighted by Crippen LogP contribution is 2.32. The van der Waals surface area contributed by atoms with Crippen molar-refractivity contribution >= 4 is 15.9 Å². The second-order valence-electron chi connectivity index (χ2n) is 3.31. The van der Waals surface area contributed by atoms with Crippen LogP contribution in [-0.4, -0.2) is 11.9 Å². The predicted molar refractivity (Wildman–Crippen MR) is 57.3 cm³/mol. The lowest BCUT2D eigenvalue weighted by Gasteiger charge is -2.05. The van der Waals surface area contributed by atoms with Crippen LogP contribution in [0.4, 0.5) is 0 Å². The monoisotopic (exact) mass is 240 g/mol. The van der Waals surface area contributed by atoms with Crippen LogP contribution in [0.15, 0.2) is 24.3 Å². The van der Waals surface area contributed by atoms with E-state index in [0.29, 0.717) is 6.10 Å². The van der Waals surface area contributed by atoms with Gasteiger partial charge in [0.15, 0.2) is 0 Å². The molecule has 1 aromatic carbocycles. The summed E-state index contributed by atoms with van der Waals surface area (Å²) in [4.78, 5) is 0. The lowest BCUT2D eigenvalue weighted by molar-refractivity contribution is 0.414. The minimum Gasteiger partial charge on any atom is -0.368 e. The predicted octanol–water partition coefficient (Wildman–Crippen LogP) is 3.09. The van der Waals surface area contributed by atoms with Crippen molar-refractivity contribution in [2.75, 3.05) is 11.9 Å². The zero-order valence-corrected chi connectivity index (χ0v) is 9.09. The molecule has 2 heteroatoms. The summed E-state index contributed by atoms with van der Waals surface area (Å²) >= 11 is 3.45. The Morgan fingerprint density at radius 2 is 2.15 bits per heavy atom. The van der Waals surface area contributed by atoms with Crippen LogP contribution in [0.25, 0.3) is 0 Å². The lowest BCUT2D eigenvalue weighted by atomic mass is 10.0. The number of hydrogen-bond acceptors (Lipinski definition) is 1. The third-order valence-corrected chi connectivity index (χ3v) is 2.88. The Labute approximate surface area is 87.2 Å². The second-order valence-corrected chi connectivity index (χ2v) is 4.11. The third kappa shape index (κ3) is 2.32. The van der Waals surface area contributed by atoms with Crippen LogP contribution in [0.3, 0.4) is 0 Å². The van der Waals surface area contributed by atoms with Gasteiger partial charge in [-0.2, -0.15) is 0 Å². The summed E-state index contributed by atoms with van der Waals surface area (Å²) in [5, 5.41) is 1.08. The van der Waals surface area contributed by atoms with Crippen LogP contribution in [0, 0.1) is 0 Å². The SMILES string of the molecule is BrCCCc1ccccc1C1CO1. The van der Waals surface area contributed by atoms with Crippen molar-refractivity contribution in [1.29, 1.82) is 0 Å². The van der Waals surface area contributed by atoms with Gasteiger partial charge in [-0.15, -0.1) is 0 Å². The Kier molecular flexibility index (Phi) is 3.01. The van der Waals surface area contributed by atoms with Crippen molar-refractivity contribution in [2.45, 2.75) is 18.9 Å². The van der Waals surface area contributed by atoms with Crippen molar-refractivity contribution in [3.05, 3.63) is 35.4 Å². The molecule has 0 spiro atoms. The summed E-state index contributed by atoms with van der Waals surface area (Å²) in [6.07, 6.45) is 2.75. The molecule has 1 atom stereocenters. The molecule has 1 aliphatic rings. The van der Waals surface area contributed by atoms with E-state index in [1.807, 2.05) is 0 Å². The summed E-state index contributed by atoms with van der Waals surface area (Å²) < 4.78 is 5.30. The fourth-order valence-electron chi connectivity index (χ4n) is 1.56. The van der Waals surface area contributed by atoms with Gasteiger partial charge in [0.1, 0.15) is 6.10 Å². The second kappa shape index (κ2) is 4.25. The molecule has 2 rings (SSSR count). The van der Waals surface area contributed by atoms with Crippen LogP contribution < -0.4 is 0 Å². The fraction of sp³-hybridized carbons (Fsp3) is 0.455. The van der Waals surface area contributed by atoms with Crippen LogP contribution in [0.5, 0.6) is 0 Å². The molecule has 0 N–H and O–H groups in total. The number of rotatable bonds is 4. The van der Waals surface area contributed by atoms with Gasteiger partial charge in [-0.3, -0.25) is 0 Å². The Balaban J connectivity index is 2.12. The molecule has 0 saturated carbocycles. The highest BCUT2D eigenvalue weighted by atomic mass is 79.9. The van der Waals surface area contributed by atoms with Crippen LogP contribution >= 0.6 is 15.9 Å². The molecule has 0 bridgehead atoms. The number of hydrogen-bond donors (Lipinski definition) is 0.